The molecule has 0 unspecified atom stereocenters. The quantitative estimate of drug-likeness (QED) is 0.303. The molecule has 0 spiro atoms. The van der Waals surface area contributed by atoms with Gasteiger partial charge in [-0.1, -0.05) is 36.4 Å². The molecule has 1 N–H and O–H groups in total. The first kappa shape index (κ1) is 29.3. The molecule has 1 saturated carbocycles. The van der Waals surface area contributed by atoms with Crippen LogP contribution in [-0.2, 0) is 22.5 Å². The number of aromatic nitrogens is 1. The molecule has 7 nitrogen and oxygen atoms in total. The Morgan fingerprint density at radius 3 is 2.46 bits per heavy atom. The maximum Gasteiger partial charge on any atom is 0.254 e. The van der Waals surface area contributed by atoms with Gasteiger partial charge in [0, 0.05) is 81.2 Å². The summed E-state index contributed by atoms with van der Waals surface area (Å²) < 4.78 is 7.50. The molecular weight excluding hydrogens is 512 g/mol. The first-order chi connectivity index (χ1) is 19.9. The van der Waals surface area contributed by atoms with E-state index in [-0.39, 0.29) is 17.9 Å². The normalized spacial score (nSPS) is 18.8. The van der Waals surface area contributed by atoms with Crippen LogP contribution < -0.4 is 5.32 Å². The molecule has 1 saturated heterocycles. The Hall–Kier alpha value is -3.16. The fraction of sp³-hybridized carbons (Fsp3) is 0.529. The molecule has 1 aliphatic carbocycles. The van der Waals surface area contributed by atoms with E-state index in [4.69, 9.17) is 4.74 Å². The Morgan fingerprint density at radius 2 is 1.78 bits per heavy atom. The van der Waals surface area contributed by atoms with Crippen LogP contribution in [-0.4, -0.2) is 78.2 Å². The van der Waals surface area contributed by atoms with Crippen molar-refractivity contribution in [3.05, 3.63) is 71.4 Å². The van der Waals surface area contributed by atoms with Gasteiger partial charge in [0.25, 0.3) is 5.91 Å². The highest BCUT2D eigenvalue weighted by atomic mass is 16.5. The van der Waals surface area contributed by atoms with E-state index in [1.807, 2.05) is 41.3 Å². The van der Waals surface area contributed by atoms with Gasteiger partial charge in [0.05, 0.1) is 6.42 Å². The molecule has 2 atom stereocenters. The summed E-state index contributed by atoms with van der Waals surface area (Å²) in [7, 11) is 1.73. The second-order valence-corrected chi connectivity index (χ2v) is 12.3. The lowest BCUT2D eigenvalue weighted by molar-refractivity contribution is -0.131. The molecule has 1 aromatic heterocycles. The number of carbonyl (C=O) groups is 2. The number of benzene rings is 2. The number of ether oxygens (including phenoxy) is 1. The van der Waals surface area contributed by atoms with Gasteiger partial charge in [-0.05, 0) is 75.1 Å². The van der Waals surface area contributed by atoms with Crippen LogP contribution >= 0.6 is 0 Å². The third-order valence-electron chi connectivity index (χ3n) is 8.81. The molecule has 2 fully saturated rings. The standard InChI is InChI=1S/C34H46N4O3/c1-24(2)37(34(40)27-11-14-31-25(3)21-36(32(31)18-27)15-8-16-41-4)22-28-19-35-20-29(28)23-38(30-12-13-30)33(39)17-26-9-6-5-7-10-26/h5-7,9-11,14,18,21,24,28-30,35H,8,12-13,15-17,19-20,22-23H2,1-4H3/t28-,29-/m0/s1. The zero-order chi connectivity index (χ0) is 28.9. The topological polar surface area (TPSA) is 66.8 Å². The van der Waals surface area contributed by atoms with Crippen molar-refractivity contribution in [1.29, 1.82) is 0 Å². The van der Waals surface area contributed by atoms with Crippen LogP contribution in [0.25, 0.3) is 10.9 Å². The molecule has 41 heavy (non-hydrogen) atoms. The van der Waals surface area contributed by atoms with Gasteiger partial charge in [-0.25, -0.2) is 0 Å². The van der Waals surface area contributed by atoms with Crippen molar-refractivity contribution in [2.45, 2.75) is 65.1 Å². The number of aryl methyl sites for hydroxylation is 2. The molecule has 2 heterocycles. The zero-order valence-electron chi connectivity index (χ0n) is 25.1. The van der Waals surface area contributed by atoms with Crippen LogP contribution in [0.2, 0.25) is 0 Å². The first-order valence-electron chi connectivity index (χ1n) is 15.3. The molecule has 1 aliphatic heterocycles. The highest BCUT2D eigenvalue weighted by molar-refractivity contribution is 5.98. The van der Waals surface area contributed by atoms with Gasteiger partial charge in [-0.15, -0.1) is 0 Å². The summed E-state index contributed by atoms with van der Waals surface area (Å²) in [5.74, 6) is 0.927. The van der Waals surface area contributed by atoms with Crippen LogP contribution in [0.5, 0.6) is 0 Å². The van der Waals surface area contributed by atoms with Crippen LogP contribution in [0.15, 0.2) is 54.7 Å². The highest BCUT2D eigenvalue weighted by Gasteiger charge is 2.38. The zero-order valence-corrected chi connectivity index (χ0v) is 25.1. The van der Waals surface area contributed by atoms with Gasteiger partial charge in [-0.3, -0.25) is 9.59 Å². The largest absolute Gasteiger partial charge is 0.385 e. The average Bonchev–Trinajstić information content (AvgIpc) is 3.63. The van der Waals surface area contributed by atoms with Crippen molar-refractivity contribution in [1.82, 2.24) is 19.7 Å². The third-order valence-corrected chi connectivity index (χ3v) is 8.81. The second-order valence-electron chi connectivity index (χ2n) is 12.3. The first-order valence-corrected chi connectivity index (χ1v) is 15.3. The van der Waals surface area contributed by atoms with E-state index in [1.165, 1.54) is 10.9 Å². The lowest BCUT2D eigenvalue weighted by Crippen LogP contribution is -2.45. The Kier molecular flexibility index (Phi) is 9.46. The number of fused-ring (bicyclic) bond motifs is 1. The van der Waals surface area contributed by atoms with Gasteiger partial charge >= 0.3 is 0 Å². The van der Waals surface area contributed by atoms with Crippen molar-refractivity contribution in [3.8, 4) is 0 Å². The van der Waals surface area contributed by atoms with Crippen LogP contribution in [0.3, 0.4) is 0 Å². The monoisotopic (exact) mass is 558 g/mol. The molecule has 220 valence electrons. The van der Waals surface area contributed by atoms with E-state index >= 15 is 0 Å². The summed E-state index contributed by atoms with van der Waals surface area (Å²) in [6.45, 7) is 11.1. The molecule has 2 aliphatic rings. The fourth-order valence-electron chi connectivity index (χ4n) is 6.30. The molecule has 0 radical (unpaired) electrons. The van der Waals surface area contributed by atoms with Gasteiger partial charge in [0.1, 0.15) is 0 Å². The number of rotatable bonds is 13. The number of methoxy groups -OCH3 is 1. The van der Waals surface area contributed by atoms with E-state index in [2.05, 4.69) is 53.9 Å². The van der Waals surface area contributed by atoms with E-state index in [9.17, 15) is 9.59 Å². The van der Waals surface area contributed by atoms with E-state index in [1.54, 1.807) is 7.11 Å². The lowest BCUT2D eigenvalue weighted by Gasteiger charge is -2.33. The van der Waals surface area contributed by atoms with Gasteiger partial charge in [0.15, 0.2) is 0 Å². The minimum atomic E-state index is 0.0777. The summed E-state index contributed by atoms with van der Waals surface area (Å²) in [6, 6.07) is 16.6. The Morgan fingerprint density at radius 1 is 1.05 bits per heavy atom. The van der Waals surface area contributed by atoms with Crippen molar-refractivity contribution >= 4 is 22.7 Å². The smallest absolute Gasteiger partial charge is 0.254 e. The van der Waals surface area contributed by atoms with Gasteiger partial charge in [0.2, 0.25) is 5.91 Å². The summed E-state index contributed by atoms with van der Waals surface area (Å²) in [5, 5.41) is 4.76. The summed E-state index contributed by atoms with van der Waals surface area (Å²) >= 11 is 0. The fourth-order valence-corrected chi connectivity index (χ4v) is 6.30. The van der Waals surface area contributed by atoms with Crippen molar-refractivity contribution in [2.24, 2.45) is 11.8 Å². The third kappa shape index (κ3) is 7.02. The Bertz CT molecular complexity index is 1330. The number of carbonyl (C=O) groups excluding carboxylic acids is 2. The number of hydrogen-bond acceptors (Lipinski definition) is 4. The van der Waals surface area contributed by atoms with E-state index < -0.39 is 0 Å². The average molecular weight is 559 g/mol. The minimum Gasteiger partial charge on any atom is -0.385 e. The van der Waals surface area contributed by atoms with E-state index in [0.29, 0.717) is 37.5 Å². The number of nitrogens with zero attached hydrogens (tertiary/aromatic N) is 3. The SMILES string of the molecule is COCCCn1cc(C)c2ccc(C(=O)N(C[C@@H]3CNC[C@H]3CN(C(=O)Cc3ccccc3)C3CC3)C(C)C)cc21. The van der Waals surface area contributed by atoms with Crippen molar-refractivity contribution in [3.63, 3.8) is 0 Å². The summed E-state index contributed by atoms with van der Waals surface area (Å²) in [6.07, 6.45) is 5.74. The molecule has 0 bridgehead atoms. The summed E-state index contributed by atoms with van der Waals surface area (Å²) in [4.78, 5) is 31.5. The van der Waals surface area contributed by atoms with Crippen LogP contribution in [0.4, 0.5) is 0 Å². The lowest BCUT2D eigenvalue weighted by atomic mass is 9.93. The van der Waals surface area contributed by atoms with Crippen molar-refractivity contribution in [2.75, 3.05) is 39.9 Å². The maximum absolute atomic E-state index is 14.0. The van der Waals surface area contributed by atoms with Gasteiger partial charge < -0.3 is 24.4 Å². The molecule has 5 rings (SSSR count). The second kappa shape index (κ2) is 13.2. The Balaban J connectivity index is 1.29. The summed E-state index contributed by atoms with van der Waals surface area (Å²) in [5.41, 5.74) is 4.12. The molecule has 7 heteroatoms. The van der Waals surface area contributed by atoms with E-state index in [0.717, 1.165) is 62.1 Å². The number of nitrogens with one attached hydrogen (secondary N) is 1. The van der Waals surface area contributed by atoms with Crippen LogP contribution in [0, 0.1) is 18.8 Å². The highest BCUT2D eigenvalue weighted by Crippen LogP contribution is 2.31. The predicted molar refractivity (Wildman–Crippen MR) is 164 cm³/mol. The maximum atomic E-state index is 14.0. The molecule has 3 aromatic rings. The minimum absolute atomic E-state index is 0.0777. The number of hydrogen-bond donors (Lipinski definition) is 1. The number of amides is 2. The van der Waals surface area contributed by atoms with Crippen molar-refractivity contribution < 1.29 is 14.3 Å². The van der Waals surface area contributed by atoms with Gasteiger partial charge in [-0.2, -0.15) is 0 Å². The molecule has 2 amide bonds. The predicted octanol–water partition coefficient (Wildman–Crippen LogP) is 4.91. The Labute approximate surface area is 244 Å². The molecular formula is C34H46N4O3. The molecule has 2 aromatic carbocycles. The van der Waals surface area contributed by atoms with Crippen LogP contribution in [0.1, 0.15) is 54.6 Å².